The third-order valence-corrected chi connectivity index (χ3v) is 2.97. The maximum Gasteiger partial charge on any atom is 0.229 e. The molecule has 2 rings (SSSR count). The summed E-state index contributed by atoms with van der Waals surface area (Å²) in [4.78, 5) is 11.7. The second-order valence-corrected chi connectivity index (χ2v) is 4.84. The summed E-state index contributed by atoms with van der Waals surface area (Å²) in [7, 11) is 1.58. The van der Waals surface area contributed by atoms with E-state index in [0.29, 0.717) is 17.1 Å². The van der Waals surface area contributed by atoms with Gasteiger partial charge in [-0.1, -0.05) is 26.0 Å². The molecule has 0 spiro atoms. The Morgan fingerprint density at radius 3 is 2.76 bits per heavy atom. The van der Waals surface area contributed by atoms with Gasteiger partial charge in [0.15, 0.2) is 0 Å². The number of furan rings is 1. The van der Waals surface area contributed by atoms with Gasteiger partial charge in [-0.15, -0.1) is 0 Å². The molecule has 2 aromatic rings. The highest BCUT2D eigenvalue weighted by molar-refractivity contribution is 5.92. The van der Waals surface area contributed by atoms with E-state index in [-0.39, 0.29) is 17.7 Å². The number of ether oxygens (including phenoxy) is 1. The van der Waals surface area contributed by atoms with E-state index < -0.39 is 0 Å². The van der Waals surface area contributed by atoms with Crippen LogP contribution >= 0.6 is 0 Å². The van der Waals surface area contributed by atoms with Gasteiger partial charge in [0.1, 0.15) is 23.1 Å². The average Bonchev–Trinajstić information content (AvgIpc) is 2.90. The zero-order valence-electron chi connectivity index (χ0n) is 12.1. The van der Waals surface area contributed by atoms with Crippen molar-refractivity contribution < 1.29 is 13.9 Å². The van der Waals surface area contributed by atoms with Gasteiger partial charge in [-0.2, -0.15) is 5.26 Å². The van der Waals surface area contributed by atoms with Gasteiger partial charge in [0, 0.05) is 17.5 Å². The van der Waals surface area contributed by atoms with Crippen molar-refractivity contribution in [2.24, 2.45) is 5.92 Å². The second-order valence-electron chi connectivity index (χ2n) is 4.84. The Kier molecular flexibility index (Phi) is 4.29. The summed E-state index contributed by atoms with van der Waals surface area (Å²) in [6.45, 7) is 3.54. The molecule has 0 aliphatic rings. The summed E-state index contributed by atoms with van der Waals surface area (Å²) < 4.78 is 10.8. The van der Waals surface area contributed by atoms with Gasteiger partial charge in [0.05, 0.1) is 7.11 Å². The van der Waals surface area contributed by atoms with Gasteiger partial charge in [0.2, 0.25) is 11.8 Å². The molecule has 1 N–H and O–H groups in total. The van der Waals surface area contributed by atoms with Gasteiger partial charge < -0.3 is 9.15 Å². The number of hydrogen-bond acceptors (Lipinski definition) is 4. The van der Waals surface area contributed by atoms with Crippen molar-refractivity contribution in [1.29, 1.82) is 5.26 Å². The van der Waals surface area contributed by atoms with Crippen molar-refractivity contribution in [3.63, 3.8) is 0 Å². The van der Waals surface area contributed by atoms with Crippen LogP contribution in [0, 0.1) is 17.2 Å². The third kappa shape index (κ3) is 3.23. The molecular formula is C16H16N2O3. The van der Waals surface area contributed by atoms with Gasteiger partial charge in [-0.3, -0.25) is 10.1 Å². The van der Waals surface area contributed by atoms with Gasteiger partial charge in [0.25, 0.3) is 0 Å². The number of benzene rings is 1. The highest BCUT2D eigenvalue weighted by Crippen LogP contribution is 2.30. The zero-order valence-corrected chi connectivity index (χ0v) is 12.1. The van der Waals surface area contributed by atoms with Crippen LogP contribution in [0.15, 0.2) is 34.7 Å². The molecule has 1 aromatic carbocycles. The van der Waals surface area contributed by atoms with Crippen LogP contribution < -0.4 is 10.1 Å². The van der Waals surface area contributed by atoms with E-state index >= 15 is 0 Å². The van der Waals surface area contributed by atoms with Crippen LogP contribution in [-0.2, 0) is 4.79 Å². The number of amides is 1. The predicted molar refractivity (Wildman–Crippen MR) is 78.9 cm³/mol. The smallest absolute Gasteiger partial charge is 0.229 e. The molecule has 5 heteroatoms. The molecule has 0 aliphatic heterocycles. The van der Waals surface area contributed by atoms with E-state index in [1.165, 1.54) is 0 Å². The first-order valence-corrected chi connectivity index (χ1v) is 6.54. The fourth-order valence-corrected chi connectivity index (χ4v) is 1.74. The quantitative estimate of drug-likeness (QED) is 0.933. The van der Waals surface area contributed by atoms with Crippen LogP contribution in [0.1, 0.15) is 19.4 Å². The minimum atomic E-state index is -0.196. The summed E-state index contributed by atoms with van der Waals surface area (Å²) in [5, 5.41) is 11.8. The van der Waals surface area contributed by atoms with Crippen molar-refractivity contribution >= 4 is 11.8 Å². The molecule has 5 nitrogen and oxygen atoms in total. The van der Waals surface area contributed by atoms with Crippen molar-refractivity contribution in [2.45, 2.75) is 13.8 Å². The van der Waals surface area contributed by atoms with Gasteiger partial charge in [-0.25, -0.2) is 0 Å². The number of methoxy groups -OCH3 is 1. The summed E-state index contributed by atoms with van der Waals surface area (Å²) in [5.74, 6) is 0.980. The molecule has 0 saturated heterocycles. The van der Waals surface area contributed by atoms with Crippen LogP contribution in [0.2, 0.25) is 0 Å². The Morgan fingerprint density at radius 1 is 1.38 bits per heavy atom. The first-order chi connectivity index (χ1) is 10.0. The summed E-state index contributed by atoms with van der Waals surface area (Å²) >= 11 is 0. The summed E-state index contributed by atoms with van der Waals surface area (Å²) in [5.41, 5.74) is 1.07. The number of hydrogen-bond donors (Lipinski definition) is 1. The van der Waals surface area contributed by atoms with Crippen LogP contribution in [0.5, 0.6) is 5.75 Å². The molecule has 0 aliphatic carbocycles. The molecule has 0 unspecified atom stereocenters. The fourth-order valence-electron chi connectivity index (χ4n) is 1.74. The topological polar surface area (TPSA) is 75.3 Å². The van der Waals surface area contributed by atoms with Crippen LogP contribution in [0.25, 0.3) is 11.3 Å². The van der Waals surface area contributed by atoms with Gasteiger partial charge in [-0.05, 0) is 12.1 Å². The minimum absolute atomic E-state index is 0.175. The monoisotopic (exact) mass is 284 g/mol. The number of nitrogens with zero attached hydrogens (tertiary/aromatic N) is 1. The molecule has 0 fully saturated rings. The Bertz CT molecular complexity index is 696. The Balaban J connectivity index is 2.36. The molecule has 0 radical (unpaired) electrons. The van der Waals surface area contributed by atoms with Crippen LogP contribution in [0.3, 0.4) is 0 Å². The van der Waals surface area contributed by atoms with E-state index in [0.717, 1.165) is 5.56 Å². The summed E-state index contributed by atoms with van der Waals surface area (Å²) in [6.07, 6.45) is 0. The molecule has 21 heavy (non-hydrogen) atoms. The van der Waals surface area contributed by atoms with E-state index in [9.17, 15) is 4.79 Å². The number of carbonyl (C=O) groups excluding carboxylic acids is 1. The maximum atomic E-state index is 11.7. The standard InChI is InChI=1S/C16H16N2O3/c1-10(2)15(19)18-16-12(9-17)8-14(21-16)11-5-4-6-13(7-11)20-3/h4-8,10H,1-3H3,(H,18,19). The third-order valence-electron chi connectivity index (χ3n) is 2.97. The molecule has 0 atom stereocenters. The van der Waals surface area contributed by atoms with Crippen molar-refractivity contribution in [3.05, 3.63) is 35.9 Å². The number of nitrogens with one attached hydrogen (secondary N) is 1. The predicted octanol–water partition coefficient (Wildman–Crippen LogP) is 3.42. The number of anilines is 1. The molecule has 0 saturated carbocycles. The van der Waals surface area contributed by atoms with Crippen LogP contribution in [-0.4, -0.2) is 13.0 Å². The van der Waals surface area contributed by atoms with Crippen molar-refractivity contribution in [1.82, 2.24) is 0 Å². The SMILES string of the molecule is COc1cccc(-c2cc(C#N)c(NC(=O)C(C)C)o2)c1. The molecule has 0 bridgehead atoms. The first kappa shape index (κ1) is 14.7. The Morgan fingerprint density at radius 2 is 2.14 bits per heavy atom. The summed E-state index contributed by atoms with van der Waals surface area (Å²) in [6, 6.07) is 10.9. The molecule has 1 aromatic heterocycles. The number of nitriles is 1. The van der Waals surface area contributed by atoms with E-state index in [2.05, 4.69) is 5.32 Å². The minimum Gasteiger partial charge on any atom is -0.497 e. The molecular weight excluding hydrogens is 268 g/mol. The largest absolute Gasteiger partial charge is 0.497 e. The number of carbonyl (C=O) groups is 1. The average molecular weight is 284 g/mol. The van der Waals surface area contributed by atoms with E-state index in [4.69, 9.17) is 14.4 Å². The van der Waals surface area contributed by atoms with Crippen molar-refractivity contribution in [3.8, 4) is 23.1 Å². The van der Waals surface area contributed by atoms with E-state index in [1.54, 1.807) is 33.1 Å². The molecule has 1 heterocycles. The normalized spacial score (nSPS) is 10.2. The van der Waals surface area contributed by atoms with Crippen LogP contribution in [0.4, 0.5) is 5.88 Å². The van der Waals surface area contributed by atoms with Crippen molar-refractivity contribution in [2.75, 3.05) is 12.4 Å². The highest BCUT2D eigenvalue weighted by atomic mass is 16.5. The lowest BCUT2D eigenvalue weighted by molar-refractivity contribution is -0.119. The zero-order chi connectivity index (χ0) is 15.4. The second kappa shape index (κ2) is 6.14. The highest BCUT2D eigenvalue weighted by Gasteiger charge is 2.16. The van der Waals surface area contributed by atoms with Gasteiger partial charge >= 0.3 is 0 Å². The lowest BCUT2D eigenvalue weighted by atomic mass is 10.1. The first-order valence-electron chi connectivity index (χ1n) is 6.54. The number of rotatable bonds is 4. The maximum absolute atomic E-state index is 11.7. The Labute approximate surface area is 123 Å². The lowest BCUT2D eigenvalue weighted by Crippen LogP contribution is -2.17. The van der Waals surface area contributed by atoms with E-state index in [1.807, 2.05) is 24.3 Å². The molecule has 1 amide bonds. The Hall–Kier alpha value is -2.74. The molecule has 108 valence electrons. The lowest BCUT2D eigenvalue weighted by Gasteiger charge is -2.05. The fraction of sp³-hybridized carbons (Fsp3) is 0.250.